The summed E-state index contributed by atoms with van der Waals surface area (Å²) in [6.45, 7) is 13.2. The molecule has 11 atom stereocenters. The number of likely N-dealkylation sites (tertiary alicyclic amines) is 1. The van der Waals surface area contributed by atoms with Crippen LogP contribution in [0.2, 0.25) is 0 Å². The van der Waals surface area contributed by atoms with Crippen molar-refractivity contribution in [2.75, 3.05) is 38.2 Å². The number of ether oxygens (including phenoxy) is 4. The van der Waals surface area contributed by atoms with Crippen molar-refractivity contribution in [1.29, 1.82) is 0 Å². The van der Waals surface area contributed by atoms with Gasteiger partial charge >= 0.3 is 17.7 Å². The van der Waals surface area contributed by atoms with Crippen LogP contribution in [-0.4, -0.2) is 147 Å². The van der Waals surface area contributed by atoms with Crippen LogP contribution in [0.15, 0.2) is 64.6 Å². The molecule has 22 heteroatoms. The topological polar surface area (TPSA) is 298 Å². The van der Waals surface area contributed by atoms with Crippen LogP contribution >= 0.6 is 0 Å². The first-order valence-electron chi connectivity index (χ1n) is 27.5. The Morgan fingerprint density at radius 1 is 0.901 bits per heavy atom. The number of carbonyl (C=O) groups is 6. The minimum atomic E-state index is -2.18. The smallest absolute Gasteiger partial charge is 0.341 e. The Bertz CT molecular complexity index is 3330. The third-order valence-corrected chi connectivity index (χ3v) is 17.0. The second-order valence-electron chi connectivity index (χ2n) is 22.7. The number of anilines is 1. The first kappa shape index (κ1) is 58.4. The maximum atomic E-state index is 16.3. The van der Waals surface area contributed by atoms with Crippen molar-refractivity contribution in [1.82, 2.24) is 19.9 Å². The van der Waals surface area contributed by atoms with Crippen molar-refractivity contribution in [3.63, 3.8) is 0 Å². The molecule has 3 fully saturated rings. The number of fused-ring (bicyclic) bond motifs is 15. The number of carboxylic acids is 1. The number of aromatic hydroxyl groups is 1. The standard InChI is InChI=1S/C59H71FN6O15/c1-26-12-10-13-27(2)56(74)63-44-47(65-20-17-35(24-65)62-34-14-11-19-64(23-34)46-29(4)45-36(33-15-16-33)22-37(58(76)77)57(75)66(45)25-38(46)60)52(72)40-41(51(44)71)49(69)30(5)54-42(40)55(73)59(8,81-54)79-21-18-39(78-9)28(3)53(80-32(7)67)31(6)50(70)43(61)48(26)68/h10,12-13,18,21-22,25-26,28,31,33-35,39,43,48,50,53,62,68-70H,11,14-17,19-20,23-24,61H2,1-9H3,(H,63,74)(H,76,77)/b12-10+,21-18+,27-13-/t26-,28+,31+,34?,35?,39-,43+,48-,50-,53+,59-/m0/s1. The van der Waals surface area contributed by atoms with Crippen LogP contribution in [0.3, 0.4) is 0 Å². The molecule has 2 saturated heterocycles. The van der Waals surface area contributed by atoms with Gasteiger partial charge in [0.2, 0.25) is 11.6 Å². The van der Waals surface area contributed by atoms with Crippen LogP contribution in [0.4, 0.5) is 10.1 Å². The van der Waals surface area contributed by atoms with Crippen molar-refractivity contribution < 1.29 is 72.5 Å². The van der Waals surface area contributed by atoms with Crippen molar-refractivity contribution in [2.24, 2.45) is 23.5 Å². The molecule has 3 aromatic rings. The minimum absolute atomic E-state index is 0.0450. The number of phenolic OH excluding ortho intramolecular Hbond substituents is 1. The van der Waals surface area contributed by atoms with E-state index >= 15 is 14.0 Å². The molecule has 5 aliphatic heterocycles. The highest BCUT2D eigenvalue weighted by Crippen LogP contribution is 2.50. The highest BCUT2D eigenvalue weighted by Gasteiger charge is 2.54. The lowest BCUT2D eigenvalue weighted by Gasteiger charge is -2.37. The molecule has 8 N–H and O–H groups in total. The van der Waals surface area contributed by atoms with Gasteiger partial charge in [-0.15, -0.1) is 0 Å². The molecule has 1 saturated carbocycles. The number of hydrogen-bond acceptors (Lipinski definition) is 18. The Balaban J connectivity index is 1.05. The van der Waals surface area contributed by atoms with E-state index in [2.05, 4.69) is 10.6 Å². The summed E-state index contributed by atoms with van der Waals surface area (Å²) < 4.78 is 41.2. The minimum Gasteiger partial charge on any atom is -0.507 e. The number of pyridine rings is 2. The van der Waals surface area contributed by atoms with E-state index in [1.807, 2.05) is 4.90 Å². The van der Waals surface area contributed by atoms with Crippen LogP contribution < -0.4 is 31.6 Å². The number of aromatic carboxylic acids is 1. The zero-order valence-corrected chi connectivity index (χ0v) is 46.8. The molecular weight excluding hydrogens is 1050 g/mol. The molecule has 5 bridgehead atoms. The molecule has 10 rings (SSSR count). The van der Waals surface area contributed by atoms with E-state index in [0.29, 0.717) is 54.7 Å². The van der Waals surface area contributed by atoms with E-state index < -0.39 is 129 Å². The number of carboxylic acid groups (broad SMARTS) is 1. The number of phenols is 1. The normalized spacial score (nSPS) is 30.9. The van der Waals surface area contributed by atoms with Gasteiger partial charge in [0, 0.05) is 88.1 Å². The SMILES string of the molecule is CO[C@H]1/C=C/O[C@@]2(C)Oc3c(C)c(O)c4c(c3C2=O)C(=O)C(N2CCC(NC3CCCN(c5c(F)cn6c(=O)c(C(=O)O)cc(C7CC7)c6c5C)C3)C2)=C(NC(=O)/C(C)=C\C=C\[C@H](C)[C@H](O)[C@@H](N)[C@@H](O)[C@@H](C)[C@H](OC(C)=O)[C@@H]1C)C4=O. The Kier molecular flexibility index (Phi) is 16.3. The number of esters is 1. The van der Waals surface area contributed by atoms with E-state index in [4.69, 9.17) is 24.7 Å². The van der Waals surface area contributed by atoms with E-state index in [1.54, 1.807) is 38.7 Å². The number of nitrogens with one attached hydrogen (secondary N) is 2. The zero-order valence-electron chi connectivity index (χ0n) is 46.8. The number of halogens is 1. The molecule has 1 amide bonds. The molecule has 1 aromatic carbocycles. The number of Topliss-reactive ketones (excluding diaryl/α,β-unsaturated/α-hetero) is 3. The number of benzene rings is 1. The third kappa shape index (κ3) is 10.7. The van der Waals surface area contributed by atoms with Crippen LogP contribution in [0.25, 0.3) is 5.52 Å². The Morgan fingerprint density at radius 2 is 1.59 bits per heavy atom. The lowest BCUT2D eigenvalue weighted by Crippen LogP contribution is -2.53. The number of nitrogens with zero attached hydrogens (tertiary/aromatic N) is 3. The number of amides is 1. The first-order valence-corrected chi connectivity index (χ1v) is 27.5. The number of piperidine rings is 1. The monoisotopic (exact) mass is 1120 g/mol. The summed E-state index contributed by atoms with van der Waals surface area (Å²) in [4.78, 5) is 101. The van der Waals surface area contributed by atoms with Crippen molar-refractivity contribution in [3.8, 4) is 11.5 Å². The molecule has 21 nitrogen and oxygen atoms in total. The fraction of sp³-hybridized carbons (Fsp3) is 0.508. The van der Waals surface area contributed by atoms with E-state index in [-0.39, 0.29) is 59.2 Å². The quantitative estimate of drug-likeness (QED) is 0.151. The van der Waals surface area contributed by atoms with Gasteiger partial charge in [-0.1, -0.05) is 39.0 Å². The molecule has 2 aliphatic carbocycles. The number of methoxy groups -OCH3 is 1. The fourth-order valence-corrected chi connectivity index (χ4v) is 12.4. The van der Waals surface area contributed by atoms with Crippen LogP contribution in [-0.2, 0) is 23.8 Å². The maximum absolute atomic E-state index is 16.3. The summed E-state index contributed by atoms with van der Waals surface area (Å²) in [6.07, 6.45) is 6.86. The molecule has 2 unspecified atom stereocenters. The van der Waals surface area contributed by atoms with Gasteiger partial charge in [-0.05, 0) is 82.1 Å². The number of aliphatic hydroxyl groups is 2. The first-order chi connectivity index (χ1) is 38.3. The second-order valence-corrected chi connectivity index (χ2v) is 22.7. The highest BCUT2D eigenvalue weighted by atomic mass is 19.1. The summed E-state index contributed by atoms with van der Waals surface area (Å²) in [5.74, 6) is -11.4. The van der Waals surface area contributed by atoms with Gasteiger partial charge in [0.15, 0.2) is 5.82 Å². The summed E-state index contributed by atoms with van der Waals surface area (Å²) in [7, 11) is 1.39. The average Bonchev–Trinajstić information content (AvgIpc) is 3.35. The summed E-state index contributed by atoms with van der Waals surface area (Å²) in [5.41, 5.74) is 5.29. The molecule has 2 aromatic heterocycles. The summed E-state index contributed by atoms with van der Waals surface area (Å²) >= 11 is 0. The molecule has 7 heterocycles. The number of ketones is 3. The molecule has 434 valence electrons. The van der Waals surface area contributed by atoms with E-state index in [0.717, 1.165) is 29.7 Å². The van der Waals surface area contributed by atoms with Gasteiger partial charge in [0.05, 0.1) is 64.7 Å². The van der Waals surface area contributed by atoms with Gasteiger partial charge in [-0.2, -0.15) is 0 Å². The molecule has 0 radical (unpaired) electrons. The number of aromatic nitrogens is 1. The number of allylic oxidation sites excluding steroid dienone is 4. The number of carbonyl (C=O) groups excluding carboxylic acids is 5. The highest BCUT2D eigenvalue weighted by molar-refractivity contribution is 6.32. The number of aryl methyl sites for hydroxylation is 1. The van der Waals surface area contributed by atoms with Gasteiger partial charge in [0.1, 0.15) is 34.6 Å². The van der Waals surface area contributed by atoms with E-state index in [1.165, 1.54) is 59.1 Å². The molecule has 81 heavy (non-hydrogen) atoms. The Hall–Kier alpha value is -7.24. The lowest BCUT2D eigenvalue weighted by atomic mass is 9.81. The van der Waals surface area contributed by atoms with Gasteiger partial charge in [0.25, 0.3) is 17.2 Å². The van der Waals surface area contributed by atoms with Crippen LogP contribution in [0.5, 0.6) is 11.5 Å². The maximum Gasteiger partial charge on any atom is 0.341 e. The van der Waals surface area contributed by atoms with Crippen LogP contribution in [0.1, 0.15) is 138 Å². The molecular formula is C59H71FN6O15. The van der Waals surface area contributed by atoms with E-state index in [9.17, 15) is 44.4 Å². The Morgan fingerprint density at radius 3 is 2.26 bits per heavy atom. The number of rotatable bonds is 8. The van der Waals surface area contributed by atoms with Gasteiger partial charge in [-0.25, -0.2) is 9.18 Å². The number of aliphatic hydroxyl groups excluding tert-OH is 2. The van der Waals surface area contributed by atoms with Crippen LogP contribution in [0, 0.1) is 37.4 Å². The fourth-order valence-electron chi connectivity index (χ4n) is 12.4. The van der Waals surface area contributed by atoms with Crippen molar-refractivity contribution >= 4 is 46.4 Å². The Labute approximate surface area is 467 Å². The van der Waals surface area contributed by atoms with Crippen molar-refractivity contribution in [3.05, 3.63) is 115 Å². The lowest BCUT2D eigenvalue weighted by molar-refractivity contribution is -0.159. The predicted molar refractivity (Wildman–Crippen MR) is 293 cm³/mol. The summed E-state index contributed by atoms with van der Waals surface area (Å²) in [5, 5.41) is 50.9. The van der Waals surface area contributed by atoms with Gasteiger partial charge in [-0.3, -0.25) is 33.2 Å². The molecule has 0 spiro atoms. The zero-order chi connectivity index (χ0) is 58.8. The largest absolute Gasteiger partial charge is 0.507 e. The number of hydrogen-bond donors (Lipinski definition) is 7. The average molecular weight is 1120 g/mol. The summed E-state index contributed by atoms with van der Waals surface area (Å²) in [6, 6.07) is -0.369. The molecule has 7 aliphatic rings. The number of nitrogens with two attached hydrogens (primary N) is 1. The van der Waals surface area contributed by atoms with Gasteiger partial charge < -0.3 is 65.5 Å². The third-order valence-electron chi connectivity index (χ3n) is 17.0. The van der Waals surface area contributed by atoms with Crippen molar-refractivity contribution in [2.45, 2.75) is 142 Å². The predicted octanol–water partition coefficient (Wildman–Crippen LogP) is 4.62. The second kappa shape index (κ2) is 22.6.